The van der Waals surface area contributed by atoms with E-state index in [0.717, 1.165) is 24.3 Å². The van der Waals surface area contributed by atoms with Crippen LogP contribution in [0.1, 0.15) is 16.8 Å². The Morgan fingerprint density at radius 2 is 1.60 bits per heavy atom. The molecule has 6 heteroatoms. The van der Waals surface area contributed by atoms with Gasteiger partial charge in [0, 0.05) is 29.3 Å². The number of halogens is 4. The third-order valence-corrected chi connectivity index (χ3v) is 3.64. The Bertz CT molecular complexity index is 970. The van der Waals surface area contributed by atoms with E-state index in [1.165, 1.54) is 12.1 Å². The summed E-state index contributed by atoms with van der Waals surface area (Å²) in [5.41, 5.74) is 0.272. The van der Waals surface area contributed by atoms with Crippen molar-refractivity contribution in [1.29, 1.82) is 5.26 Å². The first-order valence-corrected chi connectivity index (χ1v) is 7.27. The second kappa shape index (κ2) is 6.73. The monoisotopic (exact) mass is 342 g/mol. The highest BCUT2D eigenvalue weighted by atomic mass is 19.1. The van der Waals surface area contributed by atoms with E-state index in [-0.39, 0.29) is 28.8 Å². The van der Waals surface area contributed by atoms with Gasteiger partial charge in [-0.05, 0) is 36.4 Å². The second-order valence-electron chi connectivity index (χ2n) is 5.35. The Labute approximate surface area is 141 Å². The number of hydrogen-bond donors (Lipinski definition) is 0. The van der Waals surface area contributed by atoms with Gasteiger partial charge < -0.3 is 0 Å². The molecule has 0 aliphatic rings. The molecule has 25 heavy (non-hydrogen) atoms. The smallest absolute Gasteiger partial charge is 0.135 e. The molecule has 2 aromatic carbocycles. The van der Waals surface area contributed by atoms with Crippen molar-refractivity contribution in [2.75, 3.05) is 0 Å². The molecule has 2 nitrogen and oxygen atoms in total. The van der Waals surface area contributed by atoms with Crippen LogP contribution < -0.4 is 0 Å². The third-order valence-electron chi connectivity index (χ3n) is 3.64. The molecule has 1 aromatic heterocycles. The number of benzene rings is 2. The lowest BCUT2D eigenvalue weighted by Gasteiger charge is -2.08. The molecule has 1 heterocycles. The summed E-state index contributed by atoms with van der Waals surface area (Å²) in [6, 6.07) is 11.3. The Kier molecular flexibility index (Phi) is 4.48. The summed E-state index contributed by atoms with van der Waals surface area (Å²) in [4.78, 5) is 4.19. The lowest BCUT2D eigenvalue weighted by Crippen LogP contribution is -2.01. The summed E-state index contributed by atoms with van der Waals surface area (Å²) in [7, 11) is 0. The maximum absolute atomic E-state index is 14.0. The SMILES string of the molecule is N#Cc1cc(F)c(Cc2cccc(-c3ccc(F)cc3F)n2)c(F)c1. The molecule has 0 bridgehead atoms. The molecule has 0 radical (unpaired) electrons. The van der Waals surface area contributed by atoms with Crippen molar-refractivity contribution < 1.29 is 17.6 Å². The molecule has 0 amide bonds. The zero-order valence-corrected chi connectivity index (χ0v) is 12.7. The number of pyridine rings is 1. The second-order valence-corrected chi connectivity index (χ2v) is 5.35. The van der Waals surface area contributed by atoms with Crippen LogP contribution >= 0.6 is 0 Å². The van der Waals surface area contributed by atoms with E-state index in [4.69, 9.17) is 5.26 Å². The van der Waals surface area contributed by atoms with E-state index in [0.29, 0.717) is 5.69 Å². The largest absolute Gasteiger partial charge is 0.252 e. The zero-order valence-electron chi connectivity index (χ0n) is 12.7. The Morgan fingerprint density at radius 3 is 2.24 bits per heavy atom. The molecule has 3 aromatic rings. The van der Waals surface area contributed by atoms with E-state index in [9.17, 15) is 17.6 Å². The van der Waals surface area contributed by atoms with E-state index in [1.54, 1.807) is 18.2 Å². The molecule has 0 fully saturated rings. The molecule has 0 saturated carbocycles. The van der Waals surface area contributed by atoms with Gasteiger partial charge >= 0.3 is 0 Å². The van der Waals surface area contributed by atoms with Gasteiger partial charge in [-0.1, -0.05) is 6.07 Å². The quantitative estimate of drug-likeness (QED) is 0.643. The summed E-state index contributed by atoms with van der Waals surface area (Å²) in [5.74, 6) is -3.19. The number of rotatable bonds is 3. The van der Waals surface area contributed by atoms with Crippen LogP contribution in [-0.4, -0.2) is 4.98 Å². The molecular weight excluding hydrogens is 332 g/mol. The number of hydrogen-bond acceptors (Lipinski definition) is 2. The van der Waals surface area contributed by atoms with Crippen LogP contribution in [0.2, 0.25) is 0 Å². The van der Waals surface area contributed by atoms with Crippen molar-refractivity contribution in [2.24, 2.45) is 0 Å². The number of nitrogens with zero attached hydrogens (tertiary/aromatic N) is 2. The van der Waals surface area contributed by atoms with Gasteiger partial charge in [0.25, 0.3) is 0 Å². The average molecular weight is 342 g/mol. The van der Waals surface area contributed by atoms with Crippen LogP contribution in [0.4, 0.5) is 17.6 Å². The highest BCUT2D eigenvalue weighted by Crippen LogP contribution is 2.23. The van der Waals surface area contributed by atoms with E-state index >= 15 is 0 Å². The first kappa shape index (κ1) is 16.7. The maximum Gasteiger partial charge on any atom is 0.135 e. The third kappa shape index (κ3) is 3.50. The molecule has 0 unspecified atom stereocenters. The lowest BCUT2D eigenvalue weighted by atomic mass is 10.0. The fraction of sp³-hybridized carbons (Fsp3) is 0.0526. The van der Waals surface area contributed by atoms with E-state index in [1.807, 2.05) is 0 Å². The molecule has 0 aliphatic heterocycles. The maximum atomic E-state index is 14.0. The van der Waals surface area contributed by atoms with Gasteiger partial charge in [-0.15, -0.1) is 0 Å². The van der Waals surface area contributed by atoms with Gasteiger partial charge in [-0.2, -0.15) is 5.26 Å². The minimum absolute atomic E-state index is 0.0871. The van der Waals surface area contributed by atoms with Crippen molar-refractivity contribution in [1.82, 2.24) is 4.98 Å². The van der Waals surface area contributed by atoms with Gasteiger partial charge in [0.15, 0.2) is 0 Å². The average Bonchev–Trinajstić information content (AvgIpc) is 2.58. The standard InChI is InChI=1S/C19H10F4N2/c20-12-4-5-14(18(23)8-12)19-3-1-2-13(25-19)9-15-16(21)6-11(10-24)7-17(15)22/h1-8H,9H2. The summed E-state index contributed by atoms with van der Waals surface area (Å²) in [5, 5.41) is 8.72. The zero-order chi connectivity index (χ0) is 18.0. The van der Waals surface area contributed by atoms with Crippen molar-refractivity contribution in [3.8, 4) is 17.3 Å². The molecule has 3 rings (SSSR count). The van der Waals surface area contributed by atoms with Crippen molar-refractivity contribution in [2.45, 2.75) is 6.42 Å². The number of nitriles is 1. The summed E-state index contributed by atoms with van der Waals surface area (Å²) in [6.45, 7) is 0. The molecule has 0 spiro atoms. The van der Waals surface area contributed by atoms with Crippen LogP contribution in [0.5, 0.6) is 0 Å². The van der Waals surface area contributed by atoms with Crippen LogP contribution in [-0.2, 0) is 6.42 Å². The van der Waals surface area contributed by atoms with Crippen LogP contribution in [0.25, 0.3) is 11.3 Å². The Morgan fingerprint density at radius 1 is 0.880 bits per heavy atom. The fourth-order valence-corrected chi connectivity index (χ4v) is 2.44. The van der Waals surface area contributed by atoms with Gasteiger partial charge in [0.2, 0.25) is 0 Å². The van der Waals surface area contributed by atoms with E-state index in [2.05, 4.69) is 4.98 Å². The van der Waals surface area contributed by atoms with E-state index < -0.39 is 23.3 Å². The molecule has 124 valence electrons. The van der Waals surface area contributed by atoms with Crippen molar-refractivity contribution in [3.63, 3.8) is 0 Å². The fourth-order valence-electron chi connectivity index (χ4n) is 2.44. The van der Waals surface area contributed by atoms with Gasteiger partial charge in [-0.3, -0.25) is 4.98 Å². The summed E-state index contributed by atoms with van der Waals surface area (Å²) in [6.07, 6.45) is -0.167. The van der Waals surface area contributed by atoms with Crippen molar-refractivity contribution in [3.05, 3.63) is 88.6 Å². The first-order valence-electron chi connectivity index (χ1n) is 7.27. The molecule has 0 atom stereocenters. The topological polar surface area (TPSA) is 36.7 Å². The van der Waals surface area contributed by atoms with Gasteiger partial charge in [0.1, 0.15) is 23.3 Å². The first-order chi connectivity index (χ1) is 12.0. The van der Waals surface area contributed by atoms with Crippen LogP contribution in [0.3, 0.4) is 0 Å². The number of aromatic nitrogens is 1. The lowest BCUT2D eigenvalue weighted by molar-refractivity contribution is 0.559. The Hall–Kier alpha value is -3.20. The summed E-state index contributed by atoms with van der Waals surface area (Å²) >= 11 is 0. The minimum Gasteiger partial charge on any atom is -0.252 e. The molecule has 0 saturated heterocycles. The molecule has 0 aliphatic carbocycles. The molecular formula is C19H10F4N2. The van der Waals surface area contributed by atoms with Gasteiger partial charge in [0.05, 0.1) is 17.3 Å². The Balaban J connectivity index is 1.97. The van der Waals surface area contributed by atoms with Crippen LogP contribution in [0, 0.1) is 34.6 Å². The highest BCUT2D eigenvalue weighted by Gasteiger charge is 2.14. The van der Waals surface area contributed by atoms with Crippen LogP contribution in [0.15, 0.2) is 48.5 Å². The summed E-state index contributed by atoms with van der Waals surface area (Å²) < 4.78 is 54.9. The predicted octanol–water partition coefficient (Wildman–Crippen LogP) is 4.77. The van der Waals surface area contributed by atoms with Gasteiger partial charge in [-0.25, -0.2) is 17.6 Å². The normalized spacial score (nSPS) is 10.5. The molecule has 0 N–H and O–H groups in total. The predicted molar refractivity (Wildman–Crippen MR) is 83.5 cm³/mol. The van der Waals surface area contributed by atoms with Crippen molar-refractivity contribution >= 4 is 0 Å². The minimum atomic E-state index is -0.850. The highest BCUT2D eigenvalue weighted by molar-refractivity contribution is 5.60.